The van der Waals surface area contributed by atoms with Gasteiger partial charge in [0, 0.05) is 26.7 Å². The zero-order valence-electron chi connectivity index (χ0n) is 15.4. The van der Waals surface area contributed by atoms with Crippen molar-refractivity contribution in [2.45, 2.75) is 65.8 Å². The lowest BCUT2D eigenvalue weighted by Crippen LogP contribution is -2.35. The Hall–Kier alpha value is -2.11. The molecule has 0 spiro atoms. The van der Waals surface area contributed by atoms with Crippen LogP contribution in [0.25, 0.3) is 0 Å². The van der Waals surface area contributed by atoms with Crippen LogP contribution >= 0.6 is 0 Å². The molecule has 0 N–H and O–H groups in total. The quantitative estimate of drug-likeness (QED) is 0.433. The van der Waals surface area contributed by atoms with Crippen molar-refractivity contribution in [1.29, 1.82) is 0 Å². The molecule has 0 saturated carbocycles. The van der Waals surface area contributed by atoms with Crippen molar-refractivity contribution in [2.75, 3.05) is 0 Å². The standard InChI is InChI=1S/C19H26O6/c1-10-6-7-15(23-13(4)20)11(2)9-17-18(12(3)19(22)25-17)16(8-10)24-14(5)21/h6,9,12,15-18H,7-8H2,1-5H3/b10-6-,11-9+/t12-,15+,16-,17+,18+/m0/s1. The summed E-state index contributed by atoms with van der Waals surface area (Å²) in [5.41, 5.74) is 1.84. The Balaban J connectivity index is 2.41. The molecule has 6 heteroatoms. The summed E-state index contributed by atoms with van der Waals surface area (Å²) in [6, 6.07) is 0. The molecular formula is C19H26O6. The first-order valence-corrected chi connectivity index (χ1v) is 8.58. The minimum atomic E-state index is -0.504. The van der Waals surface area contributed by atoms with Crippen LogP contribution in [0.5, 0.6) is 0 Å². The molecule has 6 nitrogen and oxygen atoms in total. The Kier molecular flexibility index (Phi) is 6.03. The van der Waals surface area contributed by atoms with E-state index in [-0.39, 0.29) is 29.7 Å². The van der Waals surface area contributed by atoms with Gasteiger partial charge in [-0.05, 0) is 25.5 Å². The highest BCUT2D eigenvalue weighted by molar-refractivity contribution is 5.75. The number of rotatable bonds is 2. The van der Waals surface area contributed by atoms with Crippen LogP contribution in [0.4, 0.5) is 0 Å². The topological polar surface area (TPSA) is 78.9 Å². The van der Waals surface area contributed by atoms with Gasteiger partial charge in [0.05, 0.1) is 11.8 Å². The van der Waals surface area contributed by atoms with E-state index in [2.05, 4.69) is 0 Å². The normalized spacial score (nSPS) is 36.8. The molecular weight excluding hydrogens is 324 g/mol. The van der Waals surface area contributed by atoms with Gasteiger partial charge in [0.25, 0.3) is 0 Å². The van der Waals surface area contributed by atoms with Crippen molar-refractivity contribution >= 4 is 17.9 Å². The highest BCUT2D eigenvalue weighted by Crippen LogP contribution is 2.37. The van der Waals surface area contributed by atoms with Gasteiger partial charge >= 0.3 is 17.9 Å². The second-order valence-corrected chi connectivity index (χ2v) is 6.91. The van der Waals surface area contributed by atoms with E-state index < -0.39 is 18.3 Å². The first kappa shape index (κ1) is 19.2. The number of hydrogen-bond donors (Lipinski definition) is 0. The van der Waals surface area contributed by atoms with Crippen molar-refractivity contribution < 1.29 is 28.6 Å². The number of carbonyl (C=O) groups is 3. The maximum Gasteiger partial charge on any atom is 0.309 e. The average Bonchev–Trinajstić information content (AvgIpc) is 2.75. The summed E-state index contributed by atoms with van der Waals surface area (Å²) in [6.07, 6.45) is 3.52. The van der Waals surface area contributed by atoms with Gasteiger partial charge in [0.15, 0.2) is 0 Å². The summed E-state index contributed by atoms with van der Waals surface area (Å²) in [5.74, 6) is -1.68. The highest BCUT2D eigenvalue weighted by atomic mass is 16.6. The molecule has 0 radical (unpaired) electrons. The monoisotopic (exact) mass is 350 g/mol. The molecule has 0 bridgehead atoms. The summed E-state index contributed by atoms with van der Waals surface area (Å²) in [7, 11) is 0. The summed E-state index contributed by atoms with van der Waals surface area (Å²) >= 11 is 0. The molecule has 0 unspecified atom stereocenters. The number of carbonyl (C=O) groups excluding carboxylic acids is 3. The van der Waals surface area contributed by atoms with Crippen LogP contribution < -0.4 is 0 Å². The second-order valence-electron chi connectivity index (χ2n) is 6.91. The smallest absolute Gasteiger partial charge is 0.309 e. The molecule has 1 fully saturated rings. The maximum atomic E-state index is 12.1. The van der Waals surface area contributed by atoms with E-state index >= 15 is 0 Å². The minimum absolute atomic E-state index is 0.272. The molecule has 1 aliphatic heterocycles. The Bertz CT molecular complexity index is 617. The first-order chi connectivity index (χ1) is 11.7. The third-order valence-electron chi connectivity index (χ3n) is 4.77. The van der Waals surface area contributed by atoms with Crippen molar-refractivity contribution in [2.24, 2.45) is 11.8 Å². The van der Waals surface area contributed by atoms with Gasteiger partial charge in [-0.15, -0.1) is 0 Å². The summed E-state index contributed by atoms with van der Waals surface area (Å²) in [4.78, 5) is 35.1. The largest absolute Gasteiger partial charge is 0.462 e. The second kappa shape index (κ2) is 7.85. The Morgan fingerprint density at radius 3 is 2.40 bits per heavy atom. The molecule has 2 aliphatic rings. The highest BCUT2D eigenvalue weighted by Gasteiger charge is 2.47. The van der Waals surface area contributed by atoms with E-state index in [4.69, 9.17) is 14.2 Å². The molecule has 25 heavy (non-hydrogen) atoms. The Labute approximate surface area is 148 Å². The van der Waals surface area contributed by atoms with Gasteiger partial charge in [0.1, 0.15) is 18.3 Å². The van der Waals surface area contributed by atoms with Crippen LogP contribution in [-0.2, 0) is 28.6 Å². The number of esters is 3. The third kappa shape index (κ3) is 4.71. The third-order valence-corrected chi connectivity index (χ3v) is 4.77. The molecule has 0 aromatic rings. The molecule has 1 aliphatic carbocycles. The summed E-state index contributed by atoms with van der Waals surface area (Å²) in [5, 5.41) is 0. The number of hydrogen-bond acceptors (Lipinski definition) is 6. The maximum absolute atomic E-state index is 12.1. The van der Waals surface area contributed by atoms with Gasteiger partial charge in [0.2, 0.25) is 0 Å². The fraction of sp³-hybridized carbons (Fsp3) is 0.632. The van der Waals surface area contributed by atoms with Crippen LogP contribution in [0.1, 0.15) is 47.5 Å². The van der Waals surface area contributed by atoms with Crippen molar-refractivity contribution in [3.63, 3.8) is 0 Å². The lowest BCUT2D eigenvalue weighted by molar-refractivity contribution is -0.150. The van der Waals surface area contributed by atoms with Gasteiger partial charge < -0.3 is 14.2 Å². The molecule has 0 amide bonds. The van der Waals surface area contributed by atoms with Crippen molar-refractivity contribution in [1.82, 2.24) is 0 Å². The lowest BCUT2D eigenvalue weighted by Gasteiger charge is -2.29. The molecule has 5 atom stereocenters. The zero-order valence-corrected chi connectivity index (χ0v) is 15.4. The zero-order chi connectivity index (χ0) is 18.7. The van der Waals surface area contributed by atoms with E-state index in [9.17, 15) is 14.4 Å². The van der Waals surface area contributed by atoms with Gasteiger partial charge in [-0.2, -0.15) is 0 Å². The van der Waals surface area contributed by atoms with Gasteiger partial charge in [-0.25, -0.2) is 0 Å². The minimum Gasteiger partial charge on any atom is -0.462 e. The van der Waals surface area contributed by atoms with E-state index in [1.54, 1.807) is 6.92 Å². The first-order valence-electron chi connectivity index (χ1n) is 8.58. The molecule has 138 valence electrons. The summed E-state index contributed by atoms with van der Waals surface area (Å²) < 4.78 is 16.4. The Morgan fingerprint density at radius 1 is 1.16 bits per heavy atom. The molecule has 0 aromatic carbocycles. The van der Waals surface area contributed by atoms with Crippen LogP contribution in [0.15, 0.2) is 23.3 Å². The predicted octanol–water partition coefficient (Wildman–Crippen LogP) is 2.71. The van der Waals surface area contributed by atoms with Crippen molar-refractivity contribution in [3.8, 4) is 0 Å². The SMILES string of the molecule is CC(=O)O[C@H]1C/C(C)=C\C[C@@H](OC(C)=O)/C(C)=C/[C@H]2OC(=O)[C@@H](C)[C@H]12. The molecule has 1 saturated heterocycles. The average molecular weight is 350 g/mol. The van der Waals surface area contributed by atoms with E-state index in [0.29, 0.717) is 12.8 Å². The molecule has 2 rings (SSSR count). The predicted molar refractivity (Wildman–Crippen MR) is 90.4 cm³/mol. The van der Waals surface area contributed by atoms with Crippen LogP contribution in [0.2, 0.25) is 0 Å². The van der Waals surface area contributed by atoms with E-state index in [1.807, 2.05) is 26.0 Å². The van der Waals surface area contributed by atoms with Crippen LogP contribution in [0.3, 0.4) is 0 Å². The van der Waals surface area contributed by atoms with E-state index in [0.717, 1.165) is 11.1 Å². The number of fused-ring (bicyclic) bond motifs is 1. The number of ether oxygens (including phenoxy) is 3. The molecule has 1 heterocycles. The van der Waals surface area contributed by atoms with Crippen molar-refractivity contribution in [3.05, 3.63) is 23.3 Å². The van der Waals surface area contributed by atoms with Gasteiger partial charge in [-0.1, -0.05) is 18.6 Å². The fourth-order valence-corrected chi connectivity index (χ4v) is 3.51. The van der Waals surface area contributed by atoms with Crippen LogP contribution in [-0.4, -0.2) is 36.2 Å². The lowest BCUT2D eigenvalue weighted by atomic mass is 9.82. The Morgan fingerprint density at radius 2 is 1.80 bits per heavy atom. The van der Waals surface area contributed by atoms with Gasteiger partial charge in [-0.3, -0.25) is 14.4 Å². The van der Waals surface area contributed by atoms with Crippen LogP contribution in [0, 0.1) is 11.8 Å². The molecule has 0 aromatic heterocycles. The fourth-order valence-electron chi connectivity index (χ4n) is 3.51. The summed E-state index contributed by atoms with van der Waals surface area (Å²) in [6.45, 7) is 8.33. The van der Waals surface area contributed by atoms with E-state index in [1.165, 1.54) is 13.8 Å².